The van der Waals surface area contributed by atoms with Crippen molar-refractivity contribution in [2.75, 3.05) is 45.8 Å². The Labute approximate surface area is 373 Å². The molecule has 0 amide bonds. The Morgan fingerprint density at radius 3 is 2.52 bits per heavy atom. The number of nitrogens with zero attached hydrogens (tertiary/aromatic N) is 2. The lowest BCUT2D eigenvalue weighted by atomic mass is 9.72. The fourth-order valence-electron chi connectivity index (χ4n) is 10.3. The third-order valence-corrected chi connectivity index (χ3v) is 14.4. The van der Waals surface area contributed by atoms with Crippen molar-refractivity contribution in [3.05, 3.63) is 62.7 Å². The van der Waals surface area contributed by atoms with E-state index in [0.717, 1.165) is 16.7 Å². The van der Waals surface area contributed by atoms with Crippen LogP contribution in [0.5, 0.6) is 40.2 Å². The van der Waals surface area contributed by atoms with Crippen LogP contribution in [0.1, 0.15) is 89.0 Å². The number of phenolic OH excluding ortho intramolecular Hbond substituents is 1. The molecule has 0 radical (unpaired) electrons. The number of aryl methyl sites for hydroxylation is 1. The first-order valence-corrected chi connectivity index (χ1v) is 22.4. The average molecular weight is 905 g/mol. The highest BCUT2D eigenvalue weighted by atomic mass is 35.5. The SMILES string of the molecule is COc1cc2c(cc1OC(=O)OC(C)(C)C)CCN[C@]21CS[C@@H]2c3c(OC(=O)CCCl)c(C)c4c(c3[C@H](COC1=O)N1C2[C@@H]2N[C@@H](Cc3cc(C)c(OC)c(O)c32)[C@@H]1C#N)OCO4. The molecule has 3 aromatic carbocycles. The molecule has 4 bridgehead atoms. The Kier molecular flexibility index (Phi) is 11.1. The van der Waals surface area contributed by atoms with E-state index in [-0.39, 0.29) is 60.5 Å². The van der Waals surface area contributed by atoms with Crippen LogP contribution in [0.25, 0.3) is 0 Å². The normalized spacial score (nSPS) is 26.6. The number of thioether (sulfide) groups is 1. The van der Waals surface area contributed by atoms with Gasteiger partial charge in [-0.3, -0.25) is 15.0 Å². The highest BCUT2D eigenvalue weighted by Gasteiger charge is 2.60. The van der Waals surface area contributed by atoms with E-state index in [1.165, 1.54) is 26.0 Å². The van der Waals surface area contributed by atoms with Crippen LogP contribution in [0.2, 0.25) is 0 Å². The smallest absolute Gasteiger partial charge is 0.504 e. The number of carbonyl (C=O) groups excluding carboxylic acids is 3. The lowest BCUT2D eigenvalue weighted by molar-refractivity contribution is -0.155. The molecule has 2 saturated heterocycles. The zero-order valence-electron chi connectivity index (χ0n) is 36.0. The minimum atomic E-state index is -1.47. The van der Waals surface area contributed by atoms with Gasteiger partial charge in [0.1, 0.15) is 24.0 Å². The summed E-state index contributed by atoms with van der Waals surface area (Å²) in [5.41, 5.74) is 3.06. The maximum atomic E-state index is 15.0. The predicted octanol–water partition coefficient (Wildman–Crippen LogP) is 5.86. The number of piperazine rings is 1. The summed E-state index contributed by atoms with van der Waals surface area (Å²) in [5.74, 6) is 0.741. The molecule has 10 rings (SSSR count). The molecule has 2 fully saturated rings. The minimum Gasteiger partial charge on any atom is -0.504 e. The summed E-state index contributed by atoms with van der Waals surface area (Å²) in [6.07, 6.45) is -0.0567. The standard InChI is InChI=1S/C45H49ClN4O12S/c1-20-12-23-13-25-26(16-47)50-27-17-57-42(53)45(24-15-28(55-6)29(14-22(24)9-11-48-45)60-43(54)62-44(3,4)5)18-63-41(35(50)34(49-25)31(23)36(52)37(20)56-7)33-32(27)40-39(58-19-59-40)21(2)38(33)61-30(51)8-10-46/h12,14-15,25-27,34-35,41,48-49,52H,8-11,13,17-19H2,1-7H3/t25-,26-,27-,34+,35?,41+,45+/m0/s1. The summed E-state index contributed by atoms with van der Waals surface area (Å²) in [4.78, 5) is 43.5. The molecule has 0 aliphatic carbocycles. The third-order valence-electron chi connectivity index (χ3n) is 12.8. The molecule has 0 aromatic heterocycles. The minimum absolute atomic E-state index is 0.00472. The van der Waals surface area contributed by atoms with Crippen molar-refractivity contribution in [1.82, 2.24) is 15.5 Å². The van der Waals surface area contributed by atoms with E-state index < -0.39 is 58.7 Å². The molecule has 334 valence electrons. The Balaban J connectivity index is 1.26. The number of carbonyl (C=O) groups is 3. The molecule has 7 atom stereocenters. The van der Waals surface area contributed by atoms with E-state index in [4.69, 9.17) is 49.5 Å². The number of phenols is 1. The second-order valence-corrected chi connectivity index (χ2v) is 19.0. The zero-order valence-corrected chi connectivity index (χ0v) is 37.5. The Morgan fingerprint density at radius 2 is 1.81 bits per heavy atom. The molecule has 1 unspecified atom stereocenters. The number of methoxy groups -OCH3 is 2. The van der Waals surface area contributed by atoms with Gasteiger partial charge in [0.25, 0.3) is 0 Å². The molecule has 3 aromatic rings. The van der Waals surface area contributed by atoms with E-state index in [0.29, 0.717) is 64.5 Å². The van der Waals surface area contributed by atoms with Crippen molar-refractivity contribution in [2.45, 2.75) is 100 Å². The monoisotopic (exact) mass is 904 g/mol. The fourth-order valence-corrected chi connectivity index (χ4v) is 12.2. The van der Waals surface area contributed by atoms with Gasteiger partial charge in [0, 0.05) is 52.5 Å². The second kappa shape index (κ2) is 16.1. The van der Waals surface area contributed by atoms with Crippen LogP contribution in [-0.4, -0.2) is 97.6 Å². The van der Waals surface area contributed by atoms with Gasteiger partial charge in [-0.15, -0.1) is 23.4 Å². The van der Waals surface area contributed by atoms with Crippen molar-refractivity contribution in [1.29, 1.82) is 5.26 Å². The first kappa shape index (κ1) is 43.1. The van der Waals surface area contributed by atoms with E-state index in [9.17, 15) is 20.0 Å². The number of hydrogen-bond acceptors (Lipinski definition) is 17. The number of nitrogens with one attached hydrogen (secondary N) is 2. The van der Waals surface area contributed by atoms with Crippen molar-refractivity contribution in [2.24, 2.45) is 0 Å². The summed E-state index contributed by atoms with van der Waals surface area (Å²) in [7, 11) is 2.96. The van der Waals surface area contributed by atoms with Gasteiger partial charge < -0.3 is 48.3 Å². The van der Waals surface area contributed by atoms with Crippen LogP contribution in [0.4, 0.5) is 4.79 Å². The number of rotatable bonds is 6. The number of nitriles is 1. The molecule has 1 spiro atoms. The third kappa shape index (κ3) is 6.96. The Bertz CT molecular complexity index is 2470. The van der Waals surface area contributed by atoms with Crippen molar-refractivity contribution in [3.8, 4) is 46.3 Å². The number of esters is 2. The molecule has 7 heterocycles. The van der Waals surface area contributed by atoms with Gasteiger partial charge in [-0.05, 0) is 81.8 Å². The number of benzene rings is 3. The van der Waals surface area contributed by atoms with E-state index in [1.807, 2.05) is 13.0 Å². The van der Waals surface area contributed by atoms with Gasteiger partial charge in [0.05, 0.1) is 44.0 Å². The molecule has 18 heteroatoms. The Hall–Kier alpha value is -5.12. The van der Waals surface area contributed by atoms with Gasteiger partial charge in [0.15, 0.2) is 40.0 Å². The topological polar surface area (TPSA) is 196 Å². The quantitative estimate of drug-likeness (QED) is 0.115. The summed E-state index contributed by atoms with van der Waals surface area (Å²) in [6, 6.07) is 4.82. The molecule has 3 N–H and O–H groups in total. The first-order valence-electron chi connectivity index (χ1n) is 20.9. The largest absolute Gasteiger partial charge is 0.514 e. The summed E-state index contributed by atoms with van der Waals surface area (Å²) >= 11 is 7.49. The maximum absolute atomic E-state index is 15.0. The lowest BCUT2D eigenvalue weighted by Gasteiger charge is -2.59. The lowest BCUT2D eigenvalue weighted by Crippen LogP contribution is -2.69. The number of alkyl halides is 1. The molecule has 16 nitrogen and oxygen atoms in total. The summed E-state index contributed by atoms with van der Waals surface area (Å²) < 4.78 is 47.7. The van der Waals surface area contributed by atoms with Gasteiger partial charge >= 0.3 is 18.1 Å². The molecule has 0 saturated carbocycles. The van der Waals surface area contributed by atoms with Crippen LogP contribution in [0.3, 0.4) is 0 Å². The number of aromatic hydroxyl groups is 1. The zero-order chi connectivity index (χ0) is 44.7. The highest BCUT2D eigenvalue weighted by molar-refractivity contribution is 7.99. The highest BCUT2D eigenvalue weighted by Crippen LogP contribution is 2.63. The van der Waals surface area contributed by atoms with Crippen LogP contribution in [-0.2, 0) is 37.4 Å². The summed E-state index contributed by atoms with van der Waals surface area (Å²) in [5, 5.41) is 29.8. The van der Waals surface area contributed by atoms with Crippen molar-refractivity contribution in [3.63, 3.8) is 0 Å². The Morgan fingerprint density at radius 1 is 1.03 bits per heavy atom. The van der Waals surface area contributed by atoms with Crippen LogP contribution in [0, 0.1) is 25.2 Å². The second-order valence-electron chi connectivity index (χ2n) is 17.5. The molecule has 7 aliphatic heterocycles. The molecular weight excluding hydrogens is 856 g/mol. The van der Waals surface area contributed by atoms with E-state index in [2.05, 4.69) is 21.6 Å². The molecule has 7 aliphatic rings. The number of fused-ring (bicyclic) bond motifs is 9. The molecule has 63 heavy (non-hydrogen) atoms. The van der Waals surface area contributed by atoms with Crippen LogP contribution in [0.15, 0.2) is 18.2 Å². The average Bonchev–Trinajstić information content (AvgIpc) is 3.73. The van der Waals surface area contributed by atoms with Crippen molar-refractivity contribution >= 4 is 41.5 Å². The van der Waals surface area contributed by atoms with E-state index in [1.54, 1.807) is 39.8 Å². The fraction of sp³-hybridized carbons (Fsp3) is 0.511. The van der Waals surface area contributed by atoms with Gasteiger partial charge in [0.2, 0.25) is 6.79 Å². The first-order chi connectivity index (χ1) is 30.1. The van der Waals surface area contributed by atoms with Gasteiger partial charge in [-0.25, -0.2) is 9.59 Å². The van der Waals surface area contributed by atoms with E-state index >= 15 is 4.79 Å². The summed E-state index contributed by atoms with van der Waals surface area (Å²) in [6.45, 7) is 8.91. The number of ether oxygens (including phenoxy) is 8. The van der Waals surface area contributed by atoms with Gasteiger partial charge in [-0.1, -0.05) is 6.07 Å². The maximum Gasteiger partial charge on any atom is 0.514 e. The van der Waals surface area contributed by atoms with Crippen molar-refractivity contribution < 1.29 is 57.4 Å². The number of hydrogen-bond donors (Lipinski definition) is 3. The van der Waals surface area contributed by atoms with Crippen LogP contribution < -0.4 is 39.1 Å². The predicted molar refractivity (Wildman–Crippen MR) is 228 cm³/mol. The van der Waals surface area contributed by atoms with Crippen LogP contribution >= 0.6 is 23.4 Å². The number of halogens is 1. The molecular formula is C45H49ClN4O12S. The van der Waals surface area contributed by atoms with Gasteiger partial charge in [-0.2, -0.15) is 5.26 Å².